The highest BCUT2D eigenvalue weighted by Crippen LogP contribution is 2.30. The molecule has 0 atom stereocenters. The predicted molar refractivity (Wildman–Crippen MR) is 53.0 cm³/mol. The number of nitrogens with one attached hydrogen (secondary N) is 1. The summed E-state index contributed by atoms with van der Waals surface area (Å²) in [6.45, 7) is 4.99. The van der Waals surface area contributed by atoms with E-state index in [0.717, 1.165) is 16.6 Å². The molecule has 12 heavy (non-hydrogen) atoms. The van der Waals surface area contributed by atoms with E-state index < -0.39 is 0 Å². The largest absolute Gasteiger partial charge is 0.330 e. The van der Waals surface area contributed by atoms with Crippen LogP contribution in [0.1, 0.15) is 26.0 Å². The van der Waals surface area contributed by atoms with Crippen molar-refractivity contribution in [3.05, 3.63) is 16.4 Å². The second kappa shape index (κ2) is 3.58. The van der Waals surface area contributed by atoms with Crippen LogP contribution in [0, 0.1) is 0 Å². The van der Waals surface area contributed by atoms with Crippen molar-refractivity contribution in [2.75, 3.05) is 6.54 Å². The standard InChI is InChI=1S/C8H14BrN3/c1-8(2,3-4-10)7-6(9)5-11-12-7/h5H,3-4,10H2,1-2H3,(H,11,12). The number of halogens is 1. The highest BCUT2D eigenvalue weighted by atomic mass is 79.9. The van der Waals surface area contributed by atoms with Gasteiger partial charge >= 0.3 is 0 Å². The first-order chi connectivity index (χ1) is 5.58. The van der Waals surface area contributed by atoms with Gasteiger partial charge in [-0.2, -0.15) is 5.10 Å². The van der Waals surface area contributed by atoms with Crippen molar-refractivity contribution < 1.29 is 0 Å². The van der Waals surface area contributed by atoms with Crippen LogP contribution in [-0.2, 0) is 5.41 Å². The Hall–Kier alpha value is -0.350. The second-order valence-corrected chi connectivity index (χ2v) is 4.37. The lowest BCUT2D eigenvalue weighted by atomic mass is 9.86. The number of hydrogen-bond donors (Lipinski definition) is 2. The van der Waals surface area contributed by atoms with Crippen molar-refractivity contribution in [2.24, 2.45) is 5.73 Å². The van der Waals surface area contributed by atoms with E-state index in [1.807, 2.05) is 0 Å². The average molecular weight is 232 g/mol. The van der Waals surface area contributed by atoms with E-state index in [4.69, 9.17) is 5.73 Å². The highest BCUT2D eigenvalue weighted by molar-refractivity contribution is 9.10. The molecule has 4 heteroatoms. The number of aromatic nitrogens is 2. The molecule has 0 unspecified atom stereocenters. The van der Waals surface area contributed by atoms with Crippen LogP contribution in [0.3, 0.4) is 0 Å². The fraction of sp³-hybridized carbons (Fsp3) is 0.625. The van der Waals surface area contributed by atoms with Crippen LogP contribution in [0.15, 0.2) is 10.7 Å². The van der Waals surface area contributed by atoms with E-state index in [1.165, 1.54) is 0 Å². The molecule has 68 valence electrons. The van der Waals surface area contributed by atoms with Crippen molar-refractivity contribution in [1.82, 2.24) is 10.2 Å². The van der Waals surface area contributed by atoms with Gasteiger partial charge in [0.2, 0.25) is 0 Å². The molecule has 0 saturated heterocycles. The van der Waals surface area contributed by atoms with Gasteiger partial charge in [-0.15, -0.1) is 0 Å². The van der Waals surface area contributed by atoms with Crippen LogP contribution >= 0.6 is 15.9 Å². The fourth-order valence-corrected chi connectivity index (χ4v) is 1.96. The maximum absolute atomic E-state index is 5.52. The van der Waals surface area contributed by atoms with Crippen LogP contribution in [0.5, 0.6) is 0 Å². The zero-order valence-corrected chi connectivity index (χ0v) is 8.98. The molecule has 0 fully saturated rings. The molecule has 0 radical (unpaired) electrons. The summed E-state index contributed by atoms with van der Waals surface area (Å²) >= 11 is 3.44. The molecular formula is C8H14BrN3. The zero-order chi connectivity index (χ0) is 9.19. The summed E-state index contributed by atoms with van der Waals surface area (Å²) in [4.78, 5) is 0. The van der Waals surface area contributed by atoms with Crippen LogP contribution in [0.2, 0.25) is 0 Å². The summed E-state index contributed by atoms with van der Waals surface area (Å²) in [5, 5.41) is 6.94. The third-order valence-electron chi connectivity index (χ3n) is 2.04. The topological polar surface area (TPSA) is 54.7 Å². The van der Waals surface area contributed by atoms with Gasteiger partial charge in [0.15, 0.2) is 0 Å². The second-order valence-electron chi connectivity index (χ2n) is 3.52. The lowest BCUT2D eigenvalue weighted by Gasteiger charge is -2.22. The molecule has 0 aliphatic heterocycles. The van der Waals surface area contributed by atoms with Crippen molar-refractivity contribution in [1.29, 1.82) is 0 Å². The Morgan fingerprint density at radius 3 is 2.75 bits per heavy atom. The SMILES string of the molecule is CC(C)(CCN)c1[nH]ncc1Br. The molecule has 3 N–H and O–H groups in total. The van der Waals surface area contributed by atoms with Gasteiger partial charge in [-0.25, -0.2) is 0 Å². The summed E-state index contributed by atoms with van der Waals surface area (Å²) in [6.07, 6.45) is 2.72. The molecule has 1 aromatic heterocycles. The molecule has 0 saturated carbocycles. The molecule has 0 bridgehead atoms. The van der Waals surface area contributed by atoms with E-state index in [0.29, 0.717) is 6.54 Å². The third-order valence-corrected chi connectivity index (χ3v) is 2.64. The van der Waals surface area contributed by atoms with Gasteiger partial charge in [0, 0.05) is 5.41 Å². The van der Waals surface area contributed by atoms with Gasteiger partial charge in [-0.3, -0.25) is 5.10 Å². The zero-order valence-electron chi connectivity index (χ0n) is 7.39. The average Bonchev–Trinajstić information content (AvgIpc) is 2.35. The lowest BCUT2D eigenvalue weighted by molar-refractivity contribution is 0.470. The van der Waals surface area contributed by atoms with E-state index >= 15 is 0 Å². The first kappa shape index (κ1) is 9.74. The van der Waals surface area contributed by atoms with E-state index in [2.05, 4.69) is 40.0 Å². The summed E-state index contributed by atoms with van der Waals surface area (Å²) in [7, 11) is 0. The predicted octanol–water partition coefficient (Wildman–Crippen LogP) is 1.80. The molecule has 1 rings (SSSR count). The van der Waals surface area contributed by atoms with Gasteiger partial charge in [0.25, 0.3) is 0 Å². The number of hydrogen-bond acceptors (Lipinski definition) is 2. The Bertz CT molecular complexity index is 255. The third kappa shape index (κ3) is 1.87. The minimum Gasteiger partial charge on any atom is -0.330 e. The molecule has 1 aromatic rings. The van der Waals surface area contributed by atoms with Crippen LogP contribution in [0.25, 0.3) is 0 Å². The van der Waals surface area contributed by atoms with Crippen LogP contribution in [0.4, 0.5) is 0 Å². The van der Waals surface area contributed by atoms with Gasteiger partial charge in [-0.1, -0.05) is 13.8 Å². The molecule has 0 amide bonds. The molecule has 0 aliphatic carbocycles. The van der Waals surface area contributed by atoms with Crippen molar-refractivity contribution in [3.63, 3.8) is 0 Å². The number of nitrogens with zero attached hydrogens (tertiary/aromatic N) is 1. The van der Waals surface area contributed by atoms with Gasteiger partial charge in [0.05, 0.1) is 16.4 Å². The Labute approximate surface area is 80.9 Å². The molecular weight excluding hydrogens is 218 g/mol. The molecule has 3 nitrogen and oxygen atoms in total. The highest BCUT2D eigenvalue weighted by Gasteiger charge is 2.23. The smallest absolute Gasteiger partial charge is 0.0632 e. The summed E-state index contributed by atoms with van der Waals surface area (Å²) in [5.41, 5.74) is 6.71. The van der Waals surface area contributed by atoms with E-state index in [-0.39, 0.29) is 5.41 Å². The molecule has 1 heterocycles. The summed E-state index contributed by atoms with van der Waals surface area (Å²) in [6, 6.07) is 0. The number of H-pyrrole nitrogens is 1. The monoisotopic (exact) mass is 231 g/mol. The van der Waals surface area contributed by atoms with Crippen molar-refractivity contribution in [2.45, 2.75) is 25.7 Å². The minimum absolute atomic E-state index is 0.0735. The lowest BCUT2D eigenvalue weighted by Crippen LogP contribution is -2.22. The van der Waals surface area contributed by atoms with Crippen molar-refractivity contribution in [3.8, 4) is 0 Å². The van der Waals surface area contributed by atoms with E-state index in [1.54, 1.807) is 6.20 Å². The van der Waals surface area contributed by atoms with Crippen LogP contribution < -0.4 is 5.73 Å². The maximum atomic E-state index is 5.52. The number of nitrogens with two attached hydrogens (primary N) is 1. The van der Waals surface area contributed by atoms with Gasteiger partial charge < -0.3 is 5.73 Å². The first-order valence-electron chi connectivity index (χ1n) is 3.97. The Balaban J connectivity index is 2.88. The summed E-state index contributed by atoms with van der Waals surface area (Å²) in [5.74, 6) is 0. The fourth-order valence-electron chi connectivity index (χ4n) is 1.23. The van der Waals surface area contributed by atoms with Crippen LogP contribution in [-0.4, -0.2) is 16.7 Å². The quantitative estimate of drug-likeness (QED) is 0.834. The first-order valence-corrected chi connectivity index (χ1v) is 4.76. The Morgan fingerprint density at radius 1 is 1.67 bits per heavy atom. The van der Waals surface area contributed by atoms with Gasteiger partial charge in [0.1, 0.15) is 0 Å². The summed E-state index contributed by atoms with van der Waals surface area (Å²) < 4.78 is 1.03. The number of aromatic amines is 1. The minimum atomic E-state index is 0.0735. The Kier molecular flexibility index (Phi) is 2.90. The molecule has 0 spiro atoms. The van der Waals surface area contributed by atoms with Crippen molar-refractivity contribution >= 4 is 15.9 Å². The van der Waals surface area contributed by atoms with Gasteiger partial charge in [-0.05, 0) is 28.9 Å². The molecule has 0 aromatic carbocycles. The maximum Gasteiger partial charge on any atom is 0.0632 e. The van der Waals surface area contributed by atoms with E-state index in [9.17, 15) is 0 Å². The normalized spacial score (nSPS) is 12.0. The molecule has 0 aliphatic rings. The number of rotatable bonds is 3. The Morgan fingerprint density at radius 2 is 2.33 bits per heavy atom.